The average molecular weight is 908 g/mol. The Labute approximate surface area is 387 Å². The summed E-state index contributed by atoms with van der Waals surface area (Å²) in [5, 5.41) is 0. The van der Waals surface area contributed by atoms with E-state index in [9.17, 15) is 19.0 Å². The lowest BCUT2D eigenvalue weighted by Crippen LogP contribution is -2.29. The number of hydrogen-bond donors (Lipinski definition) is 2. The van der Waals surface area contributed by atoms with Crippen LogP contribution in [0.3, 0.4) is 0 Å². The zero-order valence-corrected chi connectivity index (χ0v) is 41.7. The van der Waals surface area contributed by atoms with E-state index in [4.69, 9.17) is 24.3 Å². The lowest BCUT2D eigenvalue weighted by Gasteiger charge is -2.19. The molecule has 0 radical (unpaired) electrons. The van der Waals surface area contributed by atoms with Crippen molar-refractivity contribution in [1.82, 2.24) is 0 Å². The summed E-state index contributed by atoms with van der Waals surface area (Å²) in [7, 11) is -4.39. The van der Waals surface area contributed by atoms with Gasteiger partial charge in [-0.25, -0.2) is 4.57 Å². The van der Waals surface area contributed by atoms with Crippen molar-refractivity contribution in [3.63, 3.8) is 0 Å². The number of carbonyl (C=O) groups excluding carboxylic acids is 2. The number of phosphoric ester groups is 1. The van der Waals surface area contributed by atoms with Crippen LogP contribution >= 0.6 is 7.82 Å². The van der Waals surface area contributed by atoms with Gasteiger partial charge in [-0.15, -0.1) is 0 Å². The number of rotatable bonds is 49. The molecule has 368 valence electrons. The van der Waals surface area contributed by atoms with Crippen LogP contribution in [0.4, 0.5) is 0 Å². The van der Waals surface area contributed by atoms with Gasteiger partial charge in [-0.2, -0.15) is 0 Å². The molecular weight excluding hydrogens is 810 g/mol. The highest BCUT2D eigenvalue weighted by atomic mass is 31.2. The number of ether oxygens (including phenoxy) is 2. The predicted octanol–water partition coefficient (Wildman–Crippen LogP) is 15.8. The number of carbonyl (C=O) groups is 2. The molecule has 10 heteroatoms. The minimum absolute atomic E-state index is 0.0509. The maximum Gasteiger partial charge on any atom is 0.472 e. The standard InChI is InChI=1S/C53H98NO8P/c1-3-5-7-9-11-13-15-17-19-21-22-23-24-25-26-27-28-30-31-33-35-37-39-41-43-45-52(55)59-49-51(50-61-63(57,58)60-48-47-54)62-53(56)46-44-42-40-38-36-34-32-29-20-18-16-14-12-10-8-6-4-2/h6,8,12,14,18,20-22,51H,3-5,7,9-11,13,15-17,19,23-50,54H2,1-2H3,(H,57,58)/b8-6-,14-12-,20-18-,22-21-. The lowest BCUT2D eigenvalue weighted by molar-refractivity contribution is -0.161. The maximum absolute atomic E-state index is 12.6. The Hall–Kier alpha value is -2.03. The molecule has 0 heterocycles. The molecule has 63 heavy (non-hydrogen) atoms. The fourth-order valence-electron chi connectivity index (χ4n) is 7.35. The van der Waals surface area contributed by atoms with Crippen molar-refractivity contribution in [2.75, 3.05) is 26.4 Å². The quantitative estimate of drug-likeness (QED) is 0.0265. The van der Waals surface area contributed by atoms with Crippen LogP contribution in [-0.2, 0) is 32.7 Å². The van der Waals surface area contributed by atoms with Gasteiger partial charge >= 0.3 is 19.8 Å². The summed E-state index contributed by atoms with van der Waals surface area (Å²) in [6.07, 6.45) is 58.7. The molecule has 0 aliphatic heterocycles. The van der Waals surface area contributed by atoms with Crippen LogP contribution < -0.4 is 5.73 Å². The zero-order chi connectivity index (χ0) is 46.0. The Balaban J connectivity index is 3.99. The first kappa shape index (κ1) is 61.0. The second kappa shape index (κ2) is 49.4. The third-order valence-electron chi connectivity index (χ3n) is 11.2. The van der Waals surface area contributed by atoms with Crippen LogP contribution in [0.15, 0.2) is 48.6 Å². The van der Waals surface area contributed by atoms with Crippen LogP contribution in [0.1, 0.15) is 245 Å². The van der Waals surface area contributed by atoms with E-state index in [0.717, 1.165) is 64.2 Å². The number of allylic oxidation sites excluding steroid dienone is 8. The van der Waals surface area contributed by atoms with Gasteiger partial charge in [0.15, 0.2) is 6.10 Å². The van der Waals surface area contributed by atoms with Crippen molar-refractivity contribution in [2.45, 2.75) is 251 Å². The van der Waals surface area contributed by atoms with Crippen molar-refractivity contribution < 1.29 is 37.6 Å². The summed E-state index contributed by atoms with van der Waals surface area (Å²) in [4.78, 5) is 35.1. The summed E-state index contributed by atoms with van der Waals surface area (Å²) in [5.74, 6) is -0.834. The normalized spacial score (nSPS) is 13.5. The largest absolute Gasteiger partial charge is 0.472 e. The first-order chi connectivity index (χ1) is 30.8. The van der Waals surface area contributed by atoms with E-state index in [1.807, 2.05) is 0 Å². The van der Waals surface area contributed by atoms with Crippen LogP contribution in [-0.4, -0.2) is 49.3 Å². The highest BCUT2D eigenvalue weighted by Crippen LogP contribution is 2.43. The van der Waals surface area contributed by atoms with E-state index in [2.05, 4.69) is 62.5 Å². The fraction of sp³-hybridized carbons (Fsp3) is 0.811. The zero-order valence-electron chi connectivity index (χ0n) is 40.8. The Kier molecular flexibility index (Phi) is 47.8. The fourth-order valence-corrected chi connectivity index (χ4v) is 8.12. The van der Waals surface area contributed by atoms with E-state index in [1.165, 1.54) is 148 Å². The smallest absolute Gasteiger partial charge is 0.462 e. The molecule has 2 unspecified atom stereocenters. The van der Waals surface area contributed by atoms with Gasteiger partial charge < -0.3 is 20.1 Å². The van der Waals surface area contributed by atoms with Gasteiger partial charge in [0.25, 0.3) is 0 Å². The van der Waals surface area contributed by atoms with Gasteiger partial charge in [0.2, 0.25) is 0 Å². The molecule has 0 amide bonds. The molecule has 0 spiro atoms. The van der Waals surface area contributed by atoms with Crippen LogP contribution in [0.5, 0.6) is 0 Å². The second-order valence-corrected chi connectivity index (χ2v) is 18.8. The molecule has 3 N–H and O–H groups in total. The molecule has 0 rings (SSSR count). The van der Waals surface area contributed by atoms with E-state index in [1.54, 1.807) is 0 Å². The van der Waals surface area contributed by atoms with Gasteiger partial charge in [0.05, 0.1) is 13.2 Å². The third kappa shape index (κ3) is 49.2. The number of esters is 2. The third-order valence-corrected chi connectivity index (χ3v) is 12.2. The Morgan fingerprint density at radius 1 is 0.492 bits per heavy atom. The summed E-state index contributed by atoms with van der Waals surface area (Å²) in [6, 6.07) is 0. The topological polar surface area (TPSA) is 134 Å². The summed E-state index contributed by atoms with van der Waals surface area (Å²) >= 11 is 0. The van der Waals surface area contributed by atoms with Gasteiger partial charge in [0, 0.05) is 19.4 Å². The van der Waals surface area contributed by atoms with Crippen LogP contribution in [0, 0.1) is 0 Å². The molecule has 0 aliphatic rings. The van der Waals surface area contributed by atoms with Gasteiger partial charge in [-0.3, -0.25) is 18.6 Å². The molecule has 0 saturated heterocycles. The SMILES string of the molecule is CC/C=C\C/C=C\C/C=C\CCCCCCCCCC(=O)OC(COC(=O)CCCCCCCCCCCCCCC/C=C\CCCCCCCCCC)COP(=O)(O)OCCN. The van der Waals surface area contributed by atoms with Crippen molar-refractivity contribution >= 4 is 19.8 Å². The van der Waals surface area contributed by atoms with Crippen LogP contribution in [0.25, 0.3) is 0 Å². The molecule has 0 aromatic heterocycles. The van der Waals surface area contributed by atoms with Gasteiger partial charge in [-0.05, 0) is 70.6 Å². The molecule has 2 atom stereocenters. The van der Waals surface area contributed by atoms with Crippen LogP contribution in [0.2, 0.25) is 0 Å². The minimum Gasteiger partial charge on any atom is -0.462 e. The van der Waals surface area contributed by atoms with Crippen molar-refractivity contribution in [2.24, 2.45) is 5.73 Å². The molecule has 0 bridgehead atoms. The summed E-state index contributed by atoms with van der Waals surface area (Å²) in [6.45, 7) is 3.64. The number of phosphoric acid groups is 1. The number of unbranched alkanes of at least 4 members (excludes halogenated alkanes) is 28. The monoisotopic (exact) mass is 908 g/mol. The summed E-state index contributed by atoms with van der Waals surface area (Å²) < 4.78 is 32.9. The molecule has 0 aromatic carbocycles. The first-order valence-electron chi connectivity index (χ1n) is 26.1. The highest BCUT2D eigenvalue weighted by Gasteiger charge is 2.26. The molecule has 0 aliphatic carbocycles. The number of nitrogens with two attached hydrogens (primary N) is 1. The second-order valence-electron chi connectivity index (χ2n) is 17.4. The van der Waals surface area contributed by atoms with E-state index in [0.29, 0.717) is 6.42 Å². The Morgan fingerprint density at radius 2 is 0.873 bits per heavy atom. The van der Waals surface area contributed by atoms with Crippen molar-refractivity contribution in [1.29, 1.82) is 0 Å². The molecule has 9 nitrogen and oxygen atoms in total. The lowest BCUT2D eigenvalue weighted by atomic mass is 10.0. The van der Waals surface area contributed by atoms with Gasteiger partial charge in [-0.1, -0.05) is 210 Å². The molecular formula is C53H98NO8P. The van der Waals surface area contributed by atoms with Crippen molar-refractivity contribution in [3.8, 4) is 0 Å². The Morgan fingerprint density at radius 3 is 1.32 bits per heavy atom. The van der Waals surface area contributed by atoms with E-state index >= 15 is 0 Å². The first-order valence-corrected chi connectivity index (χ1v) is 27.6. The number of hydrogen-bond acceptors (Lipinski definition) is 8. The summed E-state index contributed by atoms with van der Waals surface area (Å²) in [5.41, 5.74) is 5.37. The molecule has 0 fully saturated rings. The van der Waals surface area contributed by atoms with Gasteiger partial charge in [0.1, 0.15) is 6.61 Å². The van der Waals surface area contributed by atoms with E-state index in [-0.39, 0.29) is 38.6 Å². The predicted molar refractivity (Wildman–Crippen MR) is 266 cm³/mol. The minimum atomic E-state index is -4.39. The molecule has 0 saturated carbocycles. The average Bonchev–Trinajstić information content (AvgIpc) is 3.27. The van der Waals surface area contributed by atoms with Crippen molar-refractivity contribution in [3.05, 3.63) is 48.6 Å². The molecule has 0 aromatic rings. The van der Waals surface area contributed by atoms with E-state index < -0.39 is 26.5 Å². The highest BCUT2D eigenvalue weighted by molar-refractivity contribution is 7.47. The maximum atomic E-state index is 12.6. The Bertz CT molecular complexity index is 1170.